The van der Waals surface area contributed by atoms with Crippen LogP contribution in [0.25, 0.3) is 10.9 Å². The topological polar surface area (TPSA) is 122 Å². The number of aromatic amines is 1. The second kappa shape index (κ2) is 8.24. The number of hydrogen-bond acceptors (Lipinski definition) is 7. The Labute approximate surface area is 214 Å². The van der Waals surface area contributed by atoms with Gasteiger partial charge in [0.2, 0.25) is 5.91 Å². The SMILES string of the molecule is CCOc1cc(S(C)(=O)=O)ccc1Nc1n[nH]c2cc(C3CC34C(=O)Nc3ccc(OC)cc34)ccc12. The zero-order valence-electron chi connectivity index (χ0n) is 20.6. The number of sulfone groups is 1. The third kappa shape index (κ3) is 3.71. The molecule has 3 aromatic carbocycles. The predicted octanol–water partition coefficient (Wildman–Crippen LogP) is 4.49. The lowest BCUT2D eigenvalue weighted by Crippen LogP contribution is -2.21. The fraction of sp³-hybridized carbons (Fsp3) is 0.259. The van der Waals surface area contributed by atoms with E-state index in [0.29, 0.717) is 23.9 Å². The second-order valence-corrected chi connectivity index (χ2v) is 11.5. The number of benzene rings is 3. The van der Waals surface area contributed by atoms with Crippen molar-refractivity contribution in [3.8, 4) is 11.5 Å². The summed E-state index contributed by atoms with van der Waals surface area (Å²) in [6, 6.07) is 16.5. The van der Waals surface area contributed by atoms with Crippen molar-refractivity contribution in [3.63, 3.8) is 0 Å². The highest BCUT2D eigenvalue weighted by Crippen LogP contribution is 2.65. The monoisotopic (exact) mass is 518 g/mol. The molecule has 1 spiro atoms. The Bertz CT molecular complexity index is 1680. The van der Waals surface area contributed by atoms with Crippen LogP contribution in [0.15, 0.2) is 59.5 Å². The van der Waals surface area contributed by atoms with E-state index < -0.39 is 15.3 Å². The molecule has 0 bridgehead atoms. The molecule has 3 N–H and O–H groups in total. The number of anilines is 3. The molecule has 1 aromatic heterocycles. The largest absolute Gasteiger partial charge is 0.497 e. The van der Waals surface area contributed by atoms with Gasteiger partial charge in [0.15, 0.2) is 15.7 Å². The molecule has 1 amide bonds. The Morgan fingerprint density at radius 1 is 1.14 bits per heavy atom. The molecule has 2 heterocycles. The molecular formula is C27H26N4O5S. The second-order valence-electron chi connectivity index (χ2n) is 9.46. The Balaban J connectivity index is 1.30. The van der Waals surface area contributed by atoms with E-state index in [-0.39, 0.29) is 16.7 Å². The molecule has 4 aromatic rings. The molecule has 1 fully saturated rings. The predicted molar refractivity (Wildman–Crippen MR) is 141 cm³/mol. The number of fused-ring (bicyclic) bond motifs is 3. The van der Waals surface area contributed by atoms with Crippen molar-refractivity contribution in [2.75, 3.05) is 30.6 Å². The molecule has 1 saturated carbocycles. The van der Waals surface area contributed by atoms with Gasteiger partial charge in [-0.05, 0) is 66.9 Å². The van der Waals surface area contributed by atoms with Crippen molar-refractivity contribution in [2.24, 2.45) is 0 Å². The lowest BCUT2D eigenvalue weighted by Gasteiger charge is -2.13. The number of carbonyl (C=O) groups excluding carboxylic acids is 1. The maximum absolute atomic E-state index is 13.0. The van der Waals surface area contributed by atoms with Crippen LogP contribution in [0.2, 0.25) is 0 Å². The molecule has 2 atom stereocenters. The van der Waals surface area contributed by atoms with Crippen LogP contribution >= 0.6 is 0 Å². The Morgan fingerprint density at radius 2 is 1.97 bits per heavy atom. The first-order valence-electron chi connectivity index (χ1n) is 12.0. The van der Waals surface area contributed by atoms with Gasteiger partial charge in [-0.2, -0.15) is 5.10 Å². The molecule has 0 saturated heterocycles. The fourth-order valence-electron chi connectivity index (χ4n) is 5.29. The van der Waals surface area contributed by atoms with Gasteiger partial charge < -0.3 is 20.1 Å². The van der Waals surface area contributed by atoms with Gasteiger partial charge in [-0.25, -0.2) is 8.42 Å². The van der Waals surface area contributed by atoms with E-state index in [1.807, 2.05) is 43.3 Å². The number of H-pyrrole nitrogens is 1. The van der Waals surface area contributed by atoms with Crippen molar-refractivity contribution in [2.45, 2.75) is 29.6 Å². The molecular weight excluding hydrogens is 492 g/mol. The average molecular weight is 519 g/mol. The number of hydrogen-bond donors (Lipinski definition) is 3. The molecule has 190 valence electrons. The van der Waals surface area contributed by atoms with E-state index in [4.69, 9.17) is 9.47 Å². The van der Waals surface area contributed by atoms with Gasteiger partial charge in [0.05, 0.1) is 35.2 Å². The van der Waals surface area contributed by atoms with E-state index in [2.05, 4.69) is 20.8 Å². The van der Waals surface area contributed by atoms with Crippen LogP contribution in [0, 0.1) is 0 Å². The standard InChI is InChI=1S/C27H26N4O5S/c1-4-36-24-13-17(37(3,33)34)7-10-22(24)28-25-18-8-5-15(11-23(18)30-31-25)20-14-27(20)19-12-16(35-2)6-9-21(19)29-26(27)32/h5-13,20H,4,14H2,1-3H3,(H,29,32)(H2,28,30,31). The molecule has 6 rings (SSSR count). The maximum atomic E-state index is 13.0. The van der Waals surface area contributed by atoms with Crippen LogP contribution in [-0.2, 0) is 20.0 Å². The van der Waals surface area contributed by atoms with Gasteiger partial charge in [0, 0.05) is 29.3 Å². The molecule has 0 radical (unpaired) electrons. The number of rotatable bonds is 7. The smallest absolute Gasteiger partial charge is 0.235 e. The normalized spacial score (nSPS) is 20.1. The summed E-state index contributed by atoms with van der Waals surface area (Å²) in [6.45, 7) is 2.23. The number of nitrogens with zero attached hydrogens (tertiary/aromatic N) is 1. The minimum atomic E-state index is -3.37. The highest BCUT2D eigenvalue weighted by atomic mass is 32.2. The number of ether oxygens (including phenoxy) is 2. The van der Waals surface area contributed by atoms with Crippen LogP contribution in [0.3, 0.4) is 0 Å². The first-order valence-corrected chi connectivity index (χ1v) is 13.9. The lowest BCUT2D eigenvalue weighted by atomic mass is 9.91. The quantitative estimate of drug-likeness (QED) is 0.329. The van der Waals surface area contributed by atoms with Crippen molar-refractivity contribution >= 4 is 43.8 Å². The van der Waals surface area contributed by atoms with Gasteiger partial charge in [-0.15, -0.1) is 0 Å². The van der Waals surface area contributed by atoms with Gasteiger partial charge in [0.1, 0.15) is 11.5 Å². The first kappa shape index (κ1) is 23.4. The van der Waals surface area contributed by atoms with Crippen LogP contribution in [-0.4, -0.2) is 44.5 Å². The highest BCUT2D eigenvalue weighted by molar-refractivity contribution is 7.90. The lowest BCUT2D eigenvalue weighted by molar-refractivity contribution is -0.118. The van der Waals surface area contributed by atoms with Gasteiger partial charge in [-0.3, -0.25) is 9.89 Å². The molecule has 2 aliphatic rings. The van der Waals surface area contributed by atoms with E-state index >= 15 is 0 Å². The maximum Gasteiger partial charge on any atom is 0.235 e. The van der Waals surface area contributed by atoms with Crippen LogP contribution in [0.4, 0.5) is 17.2 Å². The third-order valence-corrected chi connectivity index (χ3v) is 8.36. The molecule has 1 aliphatic carbocycles. The van der Waals surface area contributed by atoms with Gasteiger partial charge >= 0.3 is 0 Å². The van der Waals surface area contributed by atoms with Gasteiger partial charge in [-0.1, -0.05) is 6.07 Å². The summed E-state index contributed by atoms with van der Waals surface area (Å²) in [6.07, 6.45) is 1.90. The van der Waals surface area contributed by atoms with Crippen molar-refractivity contribution < 1.29 is 22.7 Å². The number of carbonyl (C=O) groups is 1. The summed E-state index contributed by atoms with van der Waals surface area (Å²) in [4.78, 5) is 13.2. The zero-order chi connectivity index (χ0) is 25.9. The van der Waals surface area contributed by atoms with Gasteiger partial charge in [0.25, 0.3) is 0 Å². The van der Waals surface area contributed by atoms with Crippen molar-refractivity contribution in [3.05, 3.63) is 65.7 Å². The number of amides is 1. The Hall–Kier alpha value is -4.05. The van der Waals surface area contributed by atoms with E-state index in [9.17, 15) is 13.2 Å². The molecule has 2 unspecified atom stereocenters. The van der Waals surface area contributed by atoms with Crippen LogP contribution in [0.1, 0.15) is 30.4 Å². The Kier molecular flexibility index (Phi) is 5.20. The van der Waals surface area contributed by atoms with Crippen LogP contribution < -0.4 is 20.1 Å². The summed E-state index contributed by atoms with van der Waals surface area (Å²) < 4.78 is 35.0. The average Bonchev–Trinajstić information content (AvgIpc) is 3.43. The number of methoxy groups -OCH3 is 1. The molecule has 10 heteroatoms. The summed E-state index contributed by atoms with van der Waals surface area (Å²) >= 11 is 0. The number of nitrogens with one attached hydrogen (secondary N) is 3. The minimum absolute atomic E-state index is 0.0220. The fourth-order valence-corrected chi connectivity index (χ4v) is 5.92. The molecule has 9 nitrogen and oxygen atoms in total. The van der Waals surface area contributed by atoms with Crippen LogP contribution in [0.5, 0.6) is 11.5 Å². The summed E-state index contributed by atoms with van der Waals surface area (Å²) in [7, 11) is -1.74. The zero-order valence-corrected chi connectivity index (χ0v) is 21.4. The number of aromatic nitrogens is 2. The van der Waals surface area contributed by atoms with Crippen molar-refractivity contribution in [1.82, 2.24) is 10.2 Å². The van der Waals surface area contributed by atoms with E-state index in [0.717, 1.165) is 46.1 Å². The van der Waals surface area contributed by atoms with E-state index in [1.54, 1.807) is 19.2 Å². The summed E-state index contributed by atoms with van der Waals surface area (Å²) in [5, 5.41) is 14.7. The Morgan fingerprint density at radius 3 is 2.73 bits per heavy atom. The first-order chi connectivity index (χ1) is 17.7. The molecule has 37 heavy (non-hydrogen) atoms. The summed E-state index contributed by atoms with van der Waals surface area (Å²) in [5.74, 6) is 1.83. The highest BCUT2D eigenvalue weighted by Gasteiger charge is 2.65. The molecule has 1 aliphatic heterocycles. The minimum Gasteiger partial charge on any atom is -0.497 e. The third-order valence-electron chi connectivity index (χ3n) is 7.24. The summed E-state index contributed by atoms with van der Waals surface area (Å²) in [5.41, 5.74) is 3.75. The van der Waals surface area contributed by atoms with E-state index in [1.165, 1.54) is 6.07 Å². The van der Waals surface area contributed by atoms with Crippen molar-refractivity contribution in [1.29, 1.82) is 0 Å².